The van der Waals surface area contributed by atoms with E-state index in [1.54, 1.807) is 0 Å². The molecule has 4 aliphatic rings. The number of hydrogen-bond acceptors (Lipinski definition) is 4. The van der Waals surface area contributed by atoms with Crippen molar-refractivity contribution in [2.45, 2.75) is 37.5 Å². The number of benzene rings is 9. The molecular weight excluding hydrogens is 870 g/mol. The van der Waals surface area contributed by atoms with Crippen molar-refractivity contribution in [2.24, 2.45) is 23.7 Å². The van der Waals surface area contributed by atoms with Gasteiger partial charge >= 0.3 is 0 Å². The van der Waals surface area contributed by atoms with Gasteiger partial charge in [0.1, 0.15) is 7.14 Å². The first-order valence-electron chi connectivity index (χ1n) is 25.1. The van der Waals surface area contributed by atoms with Gasteiger partial charge in [0.2, 0.25) is 0 Å². The summed E-state index contributed by atoms with van der Waals surface area (Å²) in [6, 6.07) is 74.3. The lowest BCUT2D eigenvalue weighted by Gasteiger charge is -2.62. The first-order chi connectivity index (χ1) is 34.3. The molecule has 4 bridgehead atoms. The zero-order valence-electron chi connectivity index (χ0n) is 39.7. The number of hydrogen-bond donors (Lipinski definition) is 0. The van der Waals surface area contributed by atoms with Crippen molar-refractivity contribution in [2.75, 3.05) is 13.3 Å². The van der Waals surface area contributed by atoms with Gasteiger partial charge in [0.25, 0.3) is 0 Å². The molecule has 4 fully saturated rings. The van der Waals surface area contributed by atoms with Gasteiger partial charge in [-0.25, -0.2) is 15.0 Å². The van der Waals surface area contributed by atoms with Crippen LogP contribution >= 0.6 is 7.14 Å². The molecule has 4 nitrogen and oxygen atoms in total. The van der Waals surface area contributed by atoms with Crippen molar-refractivity contribution >= 4 is 34.0 Å². The standard InChI is InChI=1S/C65H54N3OP/c1-70(2,69)61-58-23-13-11-21-56(58)60(57-22-12-14-24-59(57)61)46-29-33-50(34-30-46)65(52-38-42-37-43(40-52)41-53(65)39-42)51-35-31-49(32-36-51)64-67-62(47-17-7-4-8-18-47)66-63(68-64)48-27-25-45(26-28-48)55-20-10-9-19-54(55)44-15-5-3-6-16-44/h3-36,42-43,52-53H,37-41H2,1-2H3. The van der Waals surface area contributed by atoms with Crippen molar-refractivity contribution in [1.29, 1.82) is 0 Å². The van der Waals surface area contributed by atoms with Gasteiger partial charge in [-0.05, 0) is 135 Å². The third kappa shape index (κ3) is 7.18. The van der Waals surface area contributed by atoms with Crippen molar-refractivity contribution in [3.05, 3.63) is 217 Å². The van der Waals surface area contributed by atoms with Gasteiger partial charge in [-0.2, -0.15) is 0 Å². The largest absolute Gasteiger partial charge is 0.319 e. The van der Waals surface area contributed by atoms with Gasteiger partial charge in [-0.15, -0.1) is 0 Å². The topological polar surface area (TPSA) is 55.7 Å². The lowest BCUT2D eigenvalue weighted by atomic mass is 9.42. The van der Waals surface area contributed by atoms with Crippen LogP contribution in [0.2, 0.25) is 0 Å². The lowest BCUT2D eigenvalue weighted by molar-refractivity contribution is -0.0418. The Balaban J connectivity index is 0.893. The van der Waals surface area contributed by atoms with Crippen molar-refractivity contribution in [3.63, 3.8) is 0 Å². The maximum atomic E-state index is 13.9. The molecule has 0 aliphatic heterocycles. The molecule has 340 valence electrons. The maximum Gasteiger partial charge on any atom is 0.164 e. The van der Waals surface area contributed by atoms with E-state index in [0.29, 0.717) is 29.3 Å². The Labute approximate surface area is 411 Å². The SMILES string of the molecule is CP(C)(=O)c1c2ccccc2c(-c2ccc(C3(c4ccc(-c5nc(-c6ccccc6)nc(-c6ccc(-c7ccccc7-c7ccccc7)cc6)n5)cc4)C4CC5CC(C4)CC3C5)cc2)c2ccccc12. The first kappa shape index (κ1) is 42.8. The van der Waals surface area contributed by atoms with Crippen molar-refractivity contribution < 1.29 is 4.57 Å². The van der Waals surface area contributed by atoms with E-state index in [-0.39, 0.29) is 5.41 Å². The Hall–Kier alpha value is -7.26. The van der Waals surface area contributed by atoms with E-state index in [4.69, 9.17) is 15.0 Å². The second kappa shape index (κ2) is 17.0. The molecule has 10 aromatic rings. The van der Waals surface area contributed by atoms with Crippen LogP contribution in [0.1, 0.15) is 43.2 Å². The molecular formula is C65H54N3OP. The molecule has 14 rings (SSSR count). The fraction of sp³-hybridized carbons (Fsp3) is 0.185. The summed E-state index contributed by atoms with van der Waals surface area (Å²) in [5, 5.41) is 5.48. The summed E-state index contributed by atoms with van der Waals surface area (Å²) in [7, 11) is -2.59. The molecule has 70 heavy (non-hydrogen) atoms. The minimum atomic E-state index is -2.59. The Kier molecular flexibility index (Phi) is 10.4. The Bertz CT molecular complexity index is 3550. The average Bonchev–Trinajstić information content (AvgIpc) is 3.40. The number of aromatic nitrogens is 3. The predicted molar refractivity (Wildman–Crippen MR) is 291 cm³/mol. The van der Waals surface area contributed by atoms with Crippen LogP contribution in [0.3, 0.4) is 0 Å². The van der Waals surface area contributed by atoms with E-state index in [1.165, 1.54) is 71.0 Å². The Morgan fingerprint density at radius 3 is 1.17 bits per heavy atom. The van der Waals surface area contributed by atoms with Crippen LogP contribution in [-0.4, -0.2) is 28.3 Å². The minimum Gasteiger partial charge on any atom is -0.319 e. The highest BCUT2D eigenvalue weighted by atomic mass is 31.2. The molecule has 0 N–H and O–H groups in total. The van der Waals surface area contributed by atoms with Gasteiger partial charge in [0.15, 0.2) is 17.5 Å². The molecule has 9 aromatic carbocycles. The molecule has 0 spiro atoms. The summed E-state index contributed by atoms with van der Waals surface area (Å²) in [4.78, 5) is 15.5. The van der Waals surface area contributed by atoms with Gasteiger partial charge in [0.05, 0.1) is 0 Å². The molecule has 0 atom stereocenters. The summed E-state index contributed by atoms with van der Waals surface area (Å²) >= 11 is 0. The molecule has 0 amide bonds. The third-order valence-electron chi connectivity index (χ3n) is 16.3. The Morgan fingerprint density at radius 2 is 0.714 bits per heavy atom. The van der Waals surface area contributed by atoms with Crippen molar-refractivity contribution in [1.82, 2.24) is 15.0 Å². The van der Waals surface area contributed by atoms with Gasteiger partial charge in [-0.3, -0.25) is 0 Å². The number of rotatable bonds is 9. The molecule has 4 saturated carbocycles. The smallest absolute Gasteiger partial charge is 0.164 e. The van der Waals surface area contributed by atoms with Crippen LogP contribution in [0.5, 0.6) is 0 Å². The number of fused-ring (bicyclic) bond motifs is 2. The molecule has 1 aromatic heterocycles. The summed E-state index contributed by atoms with van der Waals surface area (Å²) in [6.07, 6.45) is 6.55. The van der Waals surface area contributed by atoms with E-state index in [9.17, 15) is 4.57 Å². The van der Waals surface area contributed by atoms with E-state index >= 15 is 0 Å². The van der Waals surface area contributed by atoms with Crippen LogP contribution in [0.25, 0.3) is 89.1 Å². The number of nitrogens with zero attached hydrogens (tertiary/aromatic N) is 3. The quantitative estimate of drug-likeness (QED) is 0.107. The fourth-order valence-corrected chi connectivity index (χ4v) is 15.1. The van der Waals surface area contributed by atoms with Crippen LogP contribution in [0.15, 0.2) is 206 Å². The van der Waals surface area contributed by atoms with Crippen molar-refractivity contribution in [3.8, 4) is 67.5 Å². The van der Waals surface area contributed by atoms with E-state index in [1.807, 2.05) is 31.5 Å². The van der Waals surface area contributed by atoms with Gasteiger partial charge in [0, 0.05) is 27.4 Å². The zero-order chi connectivity index (χ0) is 47.0. The normalized spacial score (nSPS) is 20.5. The van der Waals surface area contributed by atoms with Gasteiger partial charge < -0.3 is 4.57 Å². The van der Waals surface area contributed by atoms with E-state index < -0.39 is 7.14 Å². The fourth-order valence-electron chi connectivity index (χ4n) is 13.6. The van der Waals surface area contributed by atoms with E-state index in [2.05, 4.69) is 188 Å². The van der Waals surface area contributed by atoms with Crippen LogP contribution < -0.4 is 5.30 Å². The zero-order valence-corrected chi connectivity index (χ0v) is 40.6. The van der Waals surface area contributed by atoms with Gasteiger partial charge in [-0.1, -0.05) is 206 Å². The first-order valence-corrected chi connectivity index (χ1v) is 27.7. The molecule has 0 unspecified atom stereocenters. The van der Waals surface area contributed by atoms with Crippen LogP contribution in [0, 0.1) is 23.7 Å². The third-order valence-corrected chi connectivity index (χ3v) is 17.8. The second-order valence-electron chi connectivity index (χ2n) is 20.7. The summed E-state index contributed by atoms with van der Waals surface area (Å²) < 4.78 is 13.9. The second-order valence-corrected chi connectivity index (χ2v) is 23.8. The maximum absolute atomic E-state index is 13.9. The summed E-state index contributed by atoms with van der Waals surface area (Å²) in [6.45, 7) is 3.81. The predicted octanol–water partition coefficient (Wildman–Crippen LogP) is 16.2. The highest BCUT2D eigenvalue weighted by Gasteiger charge is 2.58. The molecule has 5 heteroatoms. The summed E-state index contributed by atoms with van der Waals surface area (Å²) in [5.41, 5.74) is 12.8. The summed E-state index contributed by atoms with van der Waals surface area (Å²) in [5.74, 6) is 4.81. The van der Waals surface area contributed by atoms with Crippen LogP contribution in [0.4, 0.5) is 0 Å². The molecule has 0 radical (unpaired) electrons. The lowest BCUT2D eigenvalue weighted by Crippen LogP contribution is -2.56. The molecule has 4 aliphatic carbocycles. The minimum absolute atomic E-state index is 0.0874. The monoisotopic (exact) mass is 923 g/mol. The highest BCUT2D eigenvalue weighted by Crippen LogP contribution is 2.65. The Morgan fingerprint density at radius 1 is 0.371 bits per heavy atom. The highest BCUT2D eigenvalue weighted by molar-refractivity contribution is 7.71. The molecule has 1 heterocycles. The molecule has 0 saturated heterocycles. The van der Waals surface area contributed by atoms with Crippen LogP contribution in [-0.2, 0) is 9.98 Å². The van der Waals surface area contributed by atoms with E-state index in [0.717, 1.165) is 60.9 Å². The average molecular weight is 924 g/mol.